The Morgan fingerprint density at radius 3 is 1.54 bits per heavy atom. The fraction of sp³-hybridized carbons (Fsp3) is 0.500. The molecule has 1 aliphatic carbocycles. The van der Waals surface area contributed by atoms with Crippen LogP contribution in [0.15, 0.2) is 48.5 Å². The maximum Gasteiger partial charge on any atom is 0.230 e. The highest BCUT2D eigenvalue weighted by atomic mass is 32.1. The molecule has 7 rings (SSSR count). The number of amides is 2. The van der Waals surface area contributed by atoms with Crippen LogP contribution in [-0.4, -0.2) is 58.4 Å². The van der Waals surface area contributed by atoms with Gasteiger partial charge in [0.15, 0.2) is 0 Å². The molecule has 0 bridgehead atoms. The van der Waals surface area contributed by atoms with Gasteiger partial charge in [0.25, 0.3) is 0 Å². The average Bonchev–Trinajstić information content (AvgIpc) is 3.79. The van der Waals surface area contributed by atoms with Crippen LogP contribution in [0.25, 0.3) is 0 Å². The molecule has 2 aromatic heterocycles. The van der Waals surface area contributed by atoms with Crippen LogP contribution < -0.4 is 21.3 Å². The molecule has 1 saturated carbocycles. The lowest BCUT2D eigenvalue weighted by molar-refractivity contribution is -0.116. The molecule has 12 heteroatoms. The van der Waals surface area contributed by atoms with Gasteiger partial charge in [-0.05, 0) is 105 Å². The summed E-state index contributed by atoms with van der Waals surface area (Å²) in [6.07, 6.45) is 9.19. The van der Waals surface area contributed by atoms with Crippen LogP contribution in [0, 0.1) is 0 Å². The van der Waals surface area contributed by atoms with Crippen LogP contribution in [0.3, 0.4) is 0 Å². The summed E-state index contributed by atoms with van der Waals surface area (Å²) < 4.78 is 0. The van der Waals surface area contributed by atoms with Crippen molar-refractivity contribution in [1.82, 2.24) is 31.0 Å². The second-order valence-electron chi connectivity index (χ2n) is 13.4. The van der Waals surface area contributed by atoms with E-state index in [2.05, 4.69) is 78.1 Å². The monoisotopic (exact) mass is 684 g/mol. The summed E-state index contributed by atoms with van der Waals surface area (Å²) in [5.74, 6) is 1.48. The van der Waals surface area contributed by atoms with Gasteiger partial charge in [0.2, 0.25) is 22.1 Å². The minimum Gasteiger partial charge on any atom is -0.317 e. The highest BCUT2D eigenvalue weighted by Crippen LogP contribution is 2.43. The normalized spacial score (nSPS) is 20.8. The van der Waals surface area contributed by atoms with Gasteiger partial charge in [-0.25, -0.2) is 0 Å². The zero-order chi connectivity index (χ0) is 32.7. The highest BCUT2D eigenvalue weighted by molar-refractivity contribution is 7.15. The molecule has 3 aliphatic rings. The van der Waals surface area contributed by atoms with E-state index in [-0.39, 0.29) is 23.7 Å². The minimum atomic E-state index is -0.0698. The molecule has 252 valence electrons. The van der Waals surface area contributed by atoms with E-state index >= 15 is 0 Å². The maximum atomic E-state index is 12.9. The van der Waals surface area contributed by atoms with Gasteiger partial charge in [-0.15, -0.1) is 20.4 Å². The van der Waals surface area contributed by atoms with Crippen molar-refractivity contribution in [3.05, 3.63) is 80.8 Å². The van der Waals surface area contributed by atoms with E-state index in [1.165, 1.54) is 33.8 Å². The number of carbonyl (C=O) groups excluding carboxylic acids is 2. The molecule has 4 N–H and O–H groups in total. The van der Waals surface area contributed by atoms with E-state index < -0.39 is 0 Å². The first kappa shape index (κ1) is 32.9. The molecule has 48 heavy (non-hydrogen) atoms. The largest absolute Gasteiger partial charge is 0.317 e. The number of carbonyl (C=O) groups is 2. The van der Waals surface area contributed by atoms with Crippen molar-refractivity contribution in [3.8, 4) is 0 Å². The Labute approximate surface area is 290 Å². The molecule has 0 spiro atoms. The number of hydrogen-bond acceptors (Lipinski definition) is 10. The molecule has 2 aromatic carbocycles. The Balaban J connectivity index is 0.903. The fourth-order valence-corrected chi connectivity index (χ4v) is 9.27. The molecule has 3 fully saturated rings. The maximum absolute atomic E-state index is 12.9. The first-order valence-electron chi connectivity index (χ1n) is 17.4. The van der Waals surface area contributed by atoms with Crippen molar-refractivity contribution in [2.75, 3.05) is 36.8 Å². The van der Waals surface area contributed by atoms with Crippen LogP contribution in [0.5, 0.6) is 0 Å². The second kappa shape index (κ2) is 15.8. The van der Waals surface area contributed by atoms with Gasteiger partial charge >= 0.3 is 0 Å². The number of benzene rings is 2. The van der Waals surface area contributed by atoms with E-state index in [0.29, 0.717) is 34.9 Å². The lowest BCUT2D eigenvalue weighted by Gasteiger charge is -2.25. The molecule has 2 aliphatic heterocycles. The Bertz CT molecular complexity index is 1570. The van der Waals surface area contributed by atoms with Gasteiger partial charge in [-0.2, -0.15) is 0 Å². The third-order valence-electron chi connectivity index (χ3n) is 10.00. The average molecular weight is 685 g/mol. The SMILES string of the molecule is O=C(Cc1cccc(C2CCNCC2)c1)Nc1nnc(C2CCCC(c3nnc(NC(=O)Cc4cccc(C5CCNCC5)c4)s3)C2)s1. The van der Waals surface area contributed by atoms with Crippen molar-refractivity contribution in [2.45, 2.75) is 87.9 Å². The molecule has 4 aromatic rings. The standard InChI is InChI=1S/C36H44N8O2S2/c45-31(20-23-4-1-6-27(18-23)25-10-14-37-15-11-25)39-35-43-41-33(47-35)29-8-3-9-30(22-29)34-42-44-36(48-34)40-32(46)21-24-5-2-7-28(19-24)26-12-16-38-17-13-26/h1-2,4-7,18-19,25-26,29-30,37-38H,3,8-17,20-22H2,(H,39,43,45)(H,40,44,46). The van der Waals surface area contributed by atoms with Gasteiger partial charge in [0.1, 0.15) is 10.0 Å². The number of anilines is 2. The molecule has 2 saturated heterocycles. The molecular weight excluding hydrogens is 641 g/mol. The van der Waals surface area contributed by atoms with Crippen molar-refractivity contribution in [1.29, 1.82) is 0 Å². The Morgan fingerprint density at radius 2 is 1.08 bits per heavy atom. The number of nitrogens with one attached hydrogen (secondary N) is 4. The molecule has 4 heterocycles. The number of aromatic nitrogens is 4. The van der Waals surface area contributed by atoms with Crippen LogP contribution >= 0.6 is 22.7 Å². The van der Waals surface area contributed by atoms with Gasteiger partial charge in [0.05, 0.1) is 12.8 Å². The number of rotatable bonds is 10. The fourth-order valence-electron chi connectivity index (χ4n) is 7.46. The van der Waals surface area contributed by atoms with Gasteiger partial charge in [0, 0.05) is 11.8 Å². The lowest BCUT2D eigenvalue weighted by atomic mass is 9.82. The summed E-state index contributed by atoms with van der Waals surface area (Å²) in [7, 11) is 0. The van der Waals surface area contributed by atoms with Crippen LogP contribution in [0.4, 0.5) is 10.3 Å². The van der Waals surface area contributed by atoms with Crippen molar-refractivity contribution in [3.63, 3.8) is 0 Å². The van der Waals surface area contributed by atoms with Gasteiger partial charge < -0.3 is 21.3 Å². The van der Waals surface area contributed by atoms with Crippen molar-refractivity contribution >= 4 is 44.8 Å². The highest BCUT2D eigenvalue weighted by Gasteiger charge is 2.30. The molecule has 2 unspecified atom stereocenters. The van der Waals surface area contributed by atoms with Crippen molar-refractivity contribution in [2.24, 2.45) is 0 Å². The third-order valence-corrected chi connectivity index (χ3v) is 12.0. The zero-order valence-corrected chi connectivity index (χ0v) is 28.9. The Hall–Kier alpha value is -3.58. The first-order valence-corrected chi connectivity index (χ1v) is 19.0. The van der Waals surface area contributed by atoms with E-state index in [0.717, 1.165) is 98.7 Å². The molecule has 10 nitrogen and oxygen atoms in total. The quantitative estimate of drug-likeness (QED) is 0.157. The first-order chi connectivity index (χ1) is 23.6. The third kappa shape index (κ3) is 8.52. The summed E-state index contributed by atoms with van der Waals surface area (Å²) in [5, 5.41) is 33.4. The van der Waals surface area contributed by atoms with Crippen LogP contribution in [0.2, 0.25) is 0 Å². The number of nitrogens with zero attached hydrogens (tertiary/aromatic N) is 4. The lowest BCUT2D eigenvalue weighted by Crippen LogP contribution is -2.26. The van der Waals surface area contributed by atoms with E-state index in [4.69, 9.17) is 0 Å². The summed E-state index contributed by atoms with van der Waals surface area (Å²) >= 11 is 2.94. The molecule has 2 amide bonds. The van der Waals surface area contributed by atoms with Gasteiger partial charge in [-0.3, -0.25) is 9.59 Å². The van der Waals surface area contributed by atoms with Crippen LogP contribution in [-0.2, 0) is 22.4 Å². The zero-order valence-electron chi connectivity index (χ0n) is 27.2. The number of hydrogen-bond donors (Lipinski definition) is 4. The van der Waals surface area contributed by atoms with Crippen molar-refractivity contribution < 1.29 is 9.59 Å². The van der Waals surface area contributed by atoms with Gasteiger partial charge in [-0.1, -0.05) is 77.6 Å². The predicted octanol–water partition coefficient (Wildman–Crippen LogP) is 6.13. The summed E-state index contributed by atoms with van der Waals surface area (Å²) in [6.45, 7) is 4.19. The second-order valence-corrected chi connectivity index (χ2v) is 15.5. The minimum absolute atomic E-state index is 0.0698. The molecule has 0 radical (unpaired) electrons. The predicted molar refractivity (Wildman–Crippen MR) is 191 cm³/mol. The Morgan fingerprint density at radius 1 is 0.625 bits per heavy atom. The van der Waals surface area contributed by atoms with E-state index in [9.17, 15) is 9.59 Å². The Kier molecular flexibility index (Phi) is 10.8. The summed E-state index contributed by atoms with van der Waals surface area (Å²) in [4.78, 5) is 25.9. The smallest absolute Gasteiger partial charge is 0.230 e. The summed E-state index contributed by atoms with van der Waals surface area (Å²) in [6, 6.07) is 16.9. The van der Waals surface area contributed by atoms with E-state index in [1.807, 2.05) is 12.1 Å². The summed E-state index contributed by atoms with van der Waals surface area (Å²) in [5.41, 5.74) is 4.70. The molecular formula is C36H44N8O2S2. The topological polar surface area (TPSA) is 134 Å². The van der Waals surface area contributed by atoms with E-state index in [1.54, 1.807) is 0 Å². The number of piperidine rings is 2. The van der Waals surface area contributed by atoms with Crippen LogP contribution in [0.1, 0.15) is 107 Å². The molecule has 2 atom stereocenters.